The molecule has 0 atom stereocenters. The summed E-state index contributed by atoms with van der Waals surface area (Å²) in [5, 5.41) is 12.4. The zero-order valence-electron chi connectivity index (χ0n) is 13.1. The van der Waals surface area contributed by atoms with E-state index >= 15 is 0 Å². The Balaban J connectivity index is 1.54. The number of amides is 1. The van der Waals surface area contributed by atoms with E-state index in [0.717, 1.165) is 0 Å². The first-order valence-electron chi connectivity index (χ1n) is 7.35. The van der Waals surface area contributed by atoms with Gasteiger partial charge >= 0.3 is 0 Å². The molecule has 0 bridgehead atoms. The number of aromatic nitrogens is 2. The first-order valence-corrected chi connectivity index (χ1v) is 7.35. The quantitative estimate of drug-likeness (QED) is 0.720. The van der Waals surface area contributed by atoms with Gasteiger partial charge in [0, 0.05) is 18.5 Å². The lowest BCUT2D eigenvalue weighted by atomic mass is 10.3. The van der Waals surface area contributed by atoms with Crippen molar-refractivity contribution >= 4 is 11.6 Å². The molecule has 124 valence electrons. The van der Waals surface area contributed by atoms with Crippen LogP contribution in [0.2, 0.25) is 0 Å². The minimum atomic E-state index is -0.265. The second kappa shape index (κ2) is 6.91. The van der Waals surface area contributed by atoms with Crippen LogP contribution in [0.1, 0.15) is 5.69 Å². The molecule has 7 nitrogen and oxygen atoms in total. The molecule has 2 N–H and O–H groups in total. The summed E-state index contributed by atoms with van der Waals surface area (Å²) in [6, 6.07) is 10.3. The van der Waals surface area contributed by atoms with Crippen LogP contribution in [-0.2, 0) is 11.3 Å². The minimum absolute atomic E-state index is 0.0939. The number of carbonyl (C=O) groups excluding carboxylic acids is 1. The van der Waals surface area contributed by atoms with Crippen LogP contribution in [0.5, 0.6) is 17.2 Å². The summed E-state index contributed by atoms with van der Waals surface area (Å²) in [6.07, 6.45) is 3.53. The van der Waals surface area contributed by atoms with E-state index in [2.05, 4.69) is 10.3 Å². The van der Waals surface area contributed by atoms with Crippen molar-refractivity contribution in [2.45, 2.75) is 6.54 Å². The number of aromatic hydroxyl groups is 1. The molecule has 0 spiro atoms. The van der Waals surface area contributed by atoms with Crippen LogP contribution < -0.4 is 14.8 Å². The van der Waals surface area contributed by atoms with Crippen LogP contribution in [0.25, 0.3) is 5.65 Å². The molecule has 1 aromatic carbocycles. The van der Waals surface area contributed by atoms with Gasteiger partial charge in [0.1, 0.15) is 11.5 Å². The van der Waals surface area contributed by atoms with E-state index in [4.69, 9.17) is 9.47 Å². The third-order valence-electron chi connectivity index (χ3n) is 3.39. The van der Waals surface area contributed by atoms with Crippen molar-refractivity contribution < 1.29 is 19.4 Å². The van der Waals surface area contributed by atoms with Gasteiger partial charge in [-0.2, -0.15) is 0 Å². The van der Waals surface area contributed by atoms with E-state index in [0.29, 0.717) is 22.8 Å². The number of imidazole rings is 1. The molecule has 3 aromatic rings. The normalized spacial score (nSPS) is 10.5. The number of hydrogen-bond donors (Lipinski definition) is 2. The highest BCUT2D eigenvalue weighted by atomic mass is 16.5. The number of fused-ring (bicyclic) bond motifs is 1. The van der Waals surface area contributed by atoms with Crippen molar-refractivity contribution in [3.8, 4) is 17.2 Å². The summed E-state index contributed by atoms with van der Waals surface area (Å²) in [5.41, 5.74) is 1.10. The molecule has 0 aliphatic heterocycles. The molecule has 3 rings (SSSR count). The number of nitrogens with zero attached hydrogens (tertiary/aromatic N) is 2. The third-order valence-corrected chi connectivity index (χ3v) is 3.39. The van der Waals surface area contributed by atoms with Crippen molar-refractivity contribution in [1.82, 2.24) is 14.7 Å². The van der Waals surface area contributed by atoms with E-state index in [1.54, 1.807) is 60.3 Å². The highest BCUT2D eigenvalue weighted by molar-refractivity contribution is 5.77. The van der Waals surface area contributed by atoms with Crippen LogP contribution in [0, 0.1) is 0 Å². The SMILES string of the molecule is COc1cccc(OCC(=O)NCc2cn3cccc(O)c3n2)c1. The second-order valence-electron chi connectivity index (χ2n) is 5.10. The Labute approximate surface area is 138 Å². The number of methoxy groups -OCH3 is 1. The second-order valence-corrected chi connectivity index (χ2v) is 5.10. The van der Waals surface area contributed by atoms with Gasteiger partial charge in [0.2, 0.25) is 0 Å². The number of ether oxygens (including phenoxy) is 2. The Kier molecular flexibility index (Phi) is 4.51. The number of rotatable bonds is 6. The van der Waals surface area contributed by atoms with Gasteiger partial charge in [-0.1, -0.05) is 6.07 Å². The first-order chi connectivity index (χ1) is 11.7. The smallest absolute Gasteiger partial charge is 0.258 e. The van der Waals surface area contributed by atoms with Crippen molar-refractivity contribution in [3.05, 3.63) is 54.5 Å². The minimum Gasteiger partial charge on any atom is -0.504 e. The van der Waals surface area contributed by atoms with Gasteiger partial charge in [-0.05, 0) is 24.3 Å². The van der Waals surface area contributed by atoms with Crippen molar-refractivity contribution in [2.24, 2.45) is 0 Å². The molecular weight excluding hydrogens is 310 g/mol. The van der Waals surface area contributed by atoms with Crippen molar-refractivity contribution in [1.29, 1.82) is 0 Å². The molecule has 0 unspecified atom stereocenters. The molecule has 2 aromatic heterocycles. The van der Waals surface area contributed by atoms with Gasteiger partial charge in [0.15, 0.2) is 18.0 Å². The number of pyridine rings is 1. The average Bonchev–Trinajstić information content (AvgIpc) is 3.03. The molecule has 7 heteroatoms. The van der Waals surface area contributed by atoms with E-state index in [1.807, 2.05) is 0 Å². The summed E-state index contributed by atoms with van der Waals surface area (Å²) < 4.78 is 12.2. The number of carbonyl (C=O) groups is 1. The zero-order valence-corrected chi connectivity index (χ0v) is 13.1. The molecule has 0 aliphatic carbocycles. The maximum atomic E-state index is 11.9. The Bertz CT molecular complexity index is 860. The Morgan fingerprint density at radius 2 is 2.12 bits per heavy atom. The summed E-state index contributed by atoms with van der Waals surface area (Å²) in [6.45, 7) is 0.146. The molecule has 0 aliphatic rings. The van der Waals surface area contributed by atoms with E-state index < -0.39 is 0 Å². The fourth-order valence-corrected chi connectivity index (χ4v) is 2.21. The highest BCUT2D eigenvalue weighted by Gasteiger charge is 2.08. The average molecular weight is 327 g/mol. The van der Waals surface area contributed by atoms with Gasteiger partial charge in [-0.15, -0.1) is 0 Å². The molecule has 1 amide bonds. The summed E-state index contributed by atoms with van der Waals surface area (Å²) in [5.74, 6) is 1.05. The predicted molar refractivity (Wildman–Crippen MR) is 87.2 cm³/mol. The molecule has 24 heavy (non-hydrogen) atoms. The monoisotopic (exact) mass is 327 g/mol. The third kappa shape index (κ3) is 3.57. The van der Waals surface area contributed by atoms with E-state index in [-0.39, 0.29) is 24.8 Å². The highest BCUT2D eigenvalue weighted by Crippen LogP contribution is 2.19. The van der Waals surface area contributed by atoms with Crippen LogP contribution >= 0.6 is 0 Å². The standard InChI is InChI=1S/C17H17N3O4/c1-23-13-4-2-5-14(8-13)24-11-16(22)18-9-12-10-20-7-3-6-15(21)17(20)19-12/h2-8,10,21H,9,11H2,1H3,(H,18,22). The zero-order chi connectivity index (χ0) is 16.9. The fourth-order valence-electron chi connectivity index (χ4n) is 2.21. The van der Waals surface area contributed by atoms with Crippen molar-refractivity contribution in [2.75, 3.05) is 13.7 Å². The van der Waals surface area contributed by atoms with Gasteiger partial charge < -0.3 is 24.3 Å². The lowest BCUT2D eigenvalue weighted by Crippen LogP contribution is -2.28. The number of benzene rings is 1. The van der Waals surface area contributed by atoms with Gasteiger partial charge in [-0.3, -0.25) is 4.79 Å². The van der Waals surface area contributed by atoms with Gasteiger partial charge in [0.25, 0.3) is 5.91 Å². The lowest BCUT2D eigenvalue weighted by molar-refractivity contribution is -0.123. The molecule has 0 saturated heterocycles. The lowest BCUT2D eigenvalue weighted by Gasteiger charge is -2.07. The number of nitrogens with one attached hydrogen (secondary N) is 1. The van der Waals surface area contributed by atoms with E-state index in [1.165, 1.54) is 0 Å². The molecule has 0 radical (unpaired) electrons. The fraction of sp³-hybridized carbons (Fsp3) is 0.176. The van der Waals surface area contributed by atoms with Gasteiger partial charge in [-0.25, -0.2) is 4.98 Å². The van der Waals surface area contributed by atoms with Crippen LogP contribution in [-0.4, -0.2) is 34.1 Å². The van der Waals surface area contributed by atoms with Crippen LogP contribution in [0.4, 0.5) is 0 Å². The Morgan fingerprint density at radius 3 is 2.92 bits per heavy atom. The largest absolute Gasteiger partial charge is 0.504 e. The van der Waals surface area contributed by atoms with Crippen molar-refractivity contribution in [3.63, 3.8) is 0 Å². The van der Waals surface area contributed by atoms with Gasteiger partial charge in [0.05, 0.1) is 19.3 Å². The summed E-state index contributed by atoms with van der Waals surface area (Å²) in [4.78, 5) is 16.1. The Morgan fingerprint density at radius 1 is 1.29 bits per heavy atom. The maximum Gasteiger partial charge on any atom is 0.258 e. The summed E-state index contributed by atoms with van der Waals surface area (Å²) >= 11 is 0. The molecule has 2 heterocycles. The van der Waals surface area contributed by atoms with Crippen LogP contribution in [0.15, 0.2) is 48.8 Å². The summed E-state index contributed by atoms with van der Waals surface area (Å²) in [7, 11) is 1.57. The predicted octanol–water partition coefficient (Wildman–Crippen LogP) is 1.74. The van der Waals surface area contributed by atoms with E-state index in [9.17, 15) is 9.90 Å². The first kappa shape index (κ1) is 15.7. The molecular formula is C17H17N3O4. The Hall–Kier alpha value is -3.22. The van der Waals surface area contributed by atoms with Crippen LogP contribution in [0.3, 0.4) is 0 Å². The molecule has 0 fully saturated rings. The topological polar surface area (TPSA) is 85.1 Å². The maximum absolute atomic E-state index is 11.9. The number of hydrogen-bond acceptors (Lipinski definition) is 5. The molecule has 0 saturated carbocycles.